The molecule has 0 amide bonds. The van der Waals surface area contributed by atoms with Gasteiger partial charge < -0.3 is 14.2 Å². The van der Waals surface area contributed by atoms with Crippen molar-refractivity contribution in [1.29, 1.82) is 0 Å². The summed E-state index contributed by atoms with van der Waals surface area (Å²) in [6.45, 7) is 4.74. The quantitative estimate of drug-likeness (QED) is 0.159. The number of benzene rings is 10. The van der Waals surface area contributed by atoms with Crippen molar-refractivity contribution in [3.8, 4) is 44.7 Å². The maximum Gasteiger partial charge on any atom is 0.140 e. The Kier molecular flexibility index (Phi) is 8.54. The first-order valence-corrected chi connectivity index (χ1v) is 24.0. The van der Waals surface area contributed by atoms with Crippen LogP contribution in [0.3, 0.4) is 0 Å². The molecule has 1 unspecified atom stereocenters. The van der Waals surface area contributed by atoms with Gasteiger partial charge in [0.2, 0.25) is 0 Å². The predicted molar refractivity (Wildman–Crippen MR) is 285 cm³/mol. The molecule has 3 nitrogen and oxygen atoms in total. The standard InChI is InChI=1S/C66H46N2O/c1-65(2)56-30-16-12-27-50(56)52-37-35-47(40-58(52)65)68(61-32-18-14-26-49(61)43-20-6-3-7-21-43)48-36-39-54-60(42-48)66(63-55-29-15-19-33-62(55)69-64(54)63)57-31-17-13-28-51(57)53-38-34-46(41-59(53)66)67(44-22-8-4-9-23-44)45-24-10-5-11-25-45/h3-42H,1-2H3. The minimum atomic E-state index is -0.708. The summed E-state index contributed by atoms with van der Waals surface area (Å²) in [6, 6.07) is 89.1. The maximum atomic E-state index is 7.10. The molecular formula is C66H46N2O. The third kappa shape index (κ3) is 5.62. The Bertz CT molecular complexity index is 3790. The molecule has 1 spiro atoms. The van der Waals surface area contributed by atoms with E-state index >= 15 is 0 Å². The number of hydrogen-bond donors (Lipinski definition) is 0. The molecule has 11 aromatic rings. The van der Waals surface area contributed by atoms with Crippen LogP contribution in [0.25, 0.3) is 55.7 Å². The van der Waals surface area contributed by atoms with Crippen LogP contribution >= 0.6 is 0 Å². The Morgan fingerprint density at radius 2 is 0.797 bits per heavy atom. The van der Waals surface area contributed by atoms with E-state index in [0.29, 0.717) is 0 Å². The van der Waals surface area contributed by atoms with Crippen LogP contribution in [-0.2, 0) is 10.8 Å². The van der Waals surface area contributed by atoms with Gasteiger partial charge in [0.1, 0.15) is 11.3 Å². The highest BCUT2D eigenvalue weighted by Crippen LogP contribution is 2.66. The second-order valence-electron chi connectivity index (χ2n) is 19.2. The van der Waals surface area contributed by atoms with Crippen molar-refractivity contribution < 1.29 is 4.42 Å². The molecule has 1 heterocycles. The largest absolute Gasteiger partial charge is 0.456 e. The molecule has 0 bridgehead atoms. The van der Waals surface area contributed by atoms with Crippen molar-refractivity contribution in [2.45, 2.75) is 24.7 Å². The fourth-order valence-electron chi connectivity index (χ4n) is 12.3. The van der Waals surface area contributed by atoms with Gasteiger partial charge in [-0.1, -0.05) is 178 Å². The van der Waals surface area contributed by atoms with Crippen LogP contribution in [0.4, 0.5) is 34.1 Å². The third-order valence-electron chi connectivity index (χ3n) is 15.3. The number of fused-ring (bicyclic) bond motifs is 15. The van der Waals surface area contributed by atoms with Gasteiger partial charge >= 0.3 is 0 Å². The lowest BCUT2D eigenvalue weighted by molar-refractivity contribution is 0.628. The van der Waals surface area contributed by atoms with E-state index < -0.39 is 5.41 Å². The van der Waals surface area contributed by atoms with Gasteiger partial charge in [0.15, 0.2) is 0 Å². The van der Waals surface area contributed by atoms with Crippen LogP contribution in [-0.4, -0.2) is 0 Å². The molecule has 0 saturated carbocycles. The number of anilines is 6. The Hall–Kier alpha value is -8.66. The number of furan rings is 1. The first-order valence-electron chi connectivity index (χ1n) is 24.0. The number of rotatable bonds is 7. The summed E-state index contributed by atoms with van der Waals surface area (Å²) in [5, 5.41) is 1.13. The van der Waals surface area contributed by atoms with E-state index in [1.165, 1.54) is 61.2 Å². The summed E-state index contributed by atoms with van der Waals surface area (Å²) >= 11 is 0. The van der Waals surface area contributed by atoms with E-state index in [4.69, 9.17) is 4.42 Å². The molecule has 10 aromatic carbocycles. The molecule has 0 saturated heterocycles. The van der Waals surface area contributed by atoms with Gasteiger partial charge in [-0.25, -0.2) is 0 Å². The highest BCUT2D eigenvalue weighted by Gasteiger charge is 2.55. The molecule has 3 aliphatic rings. The van der Waals surface area contributed by atoms with E-state index in [0.717, 1.165) is 62.0 Å². The van der Waals surface area contributed by atoms with Crippen LogP contribution in [0.15, 0.2) is 247 Å². The van der Waals surface area contributed by atoms with Crippen LogP contribution in [0.5, 0.6) is 0 Å². The van der Waals surface area contributed by atoms with Crippen LogP contribution in [0.1, 0.15) is 47.2 Å². The topological polar surface area (TPSA) is 19.6 Å². The molecule has 1 atom stereocenters. The molecule has 14 rings (SSSR count). The average Bonchev–Trinajstić information content (AvgIpc) is 4.09. The van der Waals surface area contributed by atoms with Crippen molar-refractivity contribution in [3.05, 3.63) is 276 Å². The Labute approximate surface area is 402 Å². The zero-order valence-corrected chi connectivity index (χ0v) is 38.4. The number of para-hydroxylation sites is 4. The predicted octanol–water partition coefficient (Wildman–Crippen LogP) is 17.7. The Morgan fingerprint density at radius 1 is 0.333 bits per heavy atom. The van der Waals surface area contributed by atoms with Gasteiger partial charge in [-0.2, -0.15) is 0 Å². The van der Waals surface area contributed by atoms with Gasteiger partial charge in [0, 0.05) is 55.9 Å². The van der Waals surface area contributed by atoms with Crippen molar-refractivity contribution in [1.82, 2.24) is 0 Å². The van der Waals surface area contributed by atoms with Crippen molar-refractivity contribution in [2.75, 3.05) is 9.80 Å². The molecular weight excluding hydrogens is 837 g/mol. The summed E-state index contributed by atoms with van der Waals surface area (Å²) in [5.74, 6) is 0.932. The smallest absolute Gasteiger partial charge is 0.140 e. The summed E-state index contributed by atoms with van der Waals surface area (Å²) in [6.07, 6.45) is 0. The maximum absolute atomic E-state index is 7.10. The highest BCUT2D eigenvalue weighted by atomic mass is 16.3. The second kappa shape index (κ2) is 14.9. The zero-order chi connectivity index (χ0) is 45.8. The van der Waals surface area contributed by atoms with E-state index in [1.54, 1.807) is 0 Å². The third-order valence-corrected chi connectivity index (χ3v) is 15.3. The second-order valence-corrected chi connectivity index (χ2v) is 19.2. The lowest BCUT2D eigenvalue weighted by Gasteiger charge is -2.33. The monoisotopic (exact) mass is 882 g/mol. The lowest BCUT2D eigenvalue weighted by atomic mass is 9.70. The van der Waals surface area contributed by atoms with Gasteiger partial charge in [-0.15, -0.1) is 0 Å². The zero-order valence-electron chi connectivity index (χ0n) is 38.4. The minimum absolute atomic E-state index is 0.174. The van der Waals surface area contributed by atoms with E-state index in [1.807, 2.05) is 0 Å². The highest BCUT2D eigenvalue weighted by molar-refractivity contribution is 6.03. The first-order chi connectivity index (χ1) is 34.0. The SMILES string of the molecule is CC1(C)c2ccccc2-c2ccc(N(c3ccc4c(c3)C3(c5ccccc5-c5ccc(N(c6ccccc6)c6ccccc6)cc53)c3c-4oc4ccccc34)c3ccccc3-c3ccccc3)cc21. The van der Waals surface area contributed by atoms with Gasteiger partial charge in [0.25, 0.3) is 0 Å². The number of nitrogens with zero attached hydrogens (tertiary/aromatic N) is 2. The minimum Gasteiger partial charge on any atom is -0.456 e. The fourth-order valence-corrected chi connectivity index (χ4v) is 12.3. The van der Waals surface area contributed by atoms with Crippen LogP contribution in [0.2, 0.25) is 0 Å². The summed E-state index contributed by atoms with van der Waals surface area (Å²) < 4.78 is 7.10. The number of hydrogen-bond acceptors (Lipinski definition) is 3. The lowest BCUT2D eigenvalue weighted by Crippen LogP contribution is -2.26. The van der Waals surface area contributed by atoms with E-state index in [2.05, 4.69) is 266 Å². The molecule has 69 heavy (non-hydrogen) atoms. The van der Waals surface area contributed by atoms with Gasteiger partial charge in [0.05, 0.1) is 11.1 Å². The molecule has 3 heteroatoms. The molecule has 1 aromatic heterocycles. The Morgan fingerprint density at radius 3 is 1.48 bits per heavy atom. The average molecular weight is 883 g/mol. The van der Waals surface area contributed by atoms with Crippen molar-refractivity contribution >= 4 is 45.1 Å². The molecule has 3 aliphatic carbocycles. The van der Waals surface area contributed by atoms with E-state index in [9.17, 15) is 0 Å². The van der Waals surface area contributed by atoms with Crippen molar-refractivity contribution in [2.24, 2.45) is 0 Å². The van der Waals surface area contributed by atoms with Crippen LogP contribution in [0, 0.1) is 0 Å². The van der Waals surface area contributed by atoms with Crippen LogP contribution < -0.4 is 9.80 Å². The van der Waals surface area contributed by atoms with Gasteiger partial charge in [-0.3, -0.25) is 0 Å². The summed E-state index contributed by atoms with van der Waals surface area (Å²) in [7, 11) is 0. The molecule has 0 fully saturated rings. The molecule has 0 N–H and O–H groups in total. The normalized spacial score (nSPS) is 15.3. The molecule has 326 valence electrons. The van der Waals surface area contributed by atoms with Crippen molar-refractivity contribution in [3.63, 3.8) is 0 Å². The summed E-state index contributed by atoms with van der Waals surface area (Å²) in [5.41, 5.74) is 22.8. The fraction of sp³-hybridized carbons (Fsp3) is 0.0606. The van der Waals surface area contributed by atoms with Gasteiger partial charge in [-0.05, 0) is 134 Å². The summed E-state index contributed by atoms with van der Waals surface area (Å²) in [4.78, 5) is 4.88. The first kappa shape index (κ1) is 39.5. The Balaban J connectivity index is 1.05. The molecule has 0 radical (unpaired) electrons. The molecule has 0 aliphatic heterocycles. The van der Waals surface area contributed by atoms with E-state index in [-0.39, 0.29) is 5.41 Å².